The number of halogens is 1. The topological polar surface area (TPSA) is 67.4 Å². The SMILES string of the molecule is COc1cc(NC(C)=O)c(Cl)cc1C(=O)NCCc1ccccc1. The predicted molar refractivity (Wildman–Crippen MR) is 94.8 cm³/mol. The fourth-order valence-corrected chi connectivity index (χ4v) is 2.46. The summed E-state index contributed by atoms with van der Waals surface area (Å²) in [5.74, 6) is -0.182. The maximum Gasteiger partial charge on any atom is 0.255 e. The summed E-state index contributed by atoms with van der Waals surface area (Å²) in [5, 5.41) is 5.72. The number of hydrogen-bond donors (Lipinski definition) is 2. The summed E-state index contributed by atoms with van der Waals surface area (Å²) in [6.07, 6.45) is 0.729. The zero-order valence-corrected chi connectivity index (χ0v) is 14.3. The van der Waals surface area contributed by atoms with Crippen molar-refractivity contribution in [3.63, 3.8) is 0 Å². The van der Waals surface area contributed by atoms with Crippen molar-refractivity contribution < 1.29 is 14.3 Å². The molecule has 0 aliphatic carbocycles. The van der Waals surface area contributed by atoms with Gasteiger partial charge in [-0.1, -0.05) is 41.9 Å². The van der Waals surface area contributed by atoms with Crippen LogP contribution in [-0.4, -0.2) is 25.5 Å². The van der Waals surface area contributed by atoms with E-state index in [-0.39, 0.29) is 16.8 Å². The number of methoxy groups -OCH3 is 1. The molecule has 2 rings (SSSR count). The third-order valence-corrected chi connectivity index (χ3v) is 3.70. The van der Waals surface area contributed by atoms with Gasteiger partial charge in [0.15, 0.2) is 0 Å². The van der Waals surface area contributed by atoms with Gasteiger partial charge in [0.1, 0.15) is 5.75 Å². The smallest absolute Gasteiger partial charge is 0.255 e. The van der Waals surface area contributed by atoms with Gasteiger partial charge in [-0.25, -0.2) is 0 Å². The number of rotatable bonds is 6. The molecule has 24 heavy (non-hydrogen) atoms. The quantitative estimate of drug-likeness (QED) is 0.843. The number of carbonyl (C=O) groups is 2. The molecule has 2 N–H and O–H groups in total. The highest BCUT2D eigenvalue weighted by atomic mass is 35.5. The van der Waals surface area contributed by atoms with Crippen molar-refractivity contribution in [2.75, 3.05) is 19.0 Å². The van der Waals surface area contributed by atoms with Crippen molar-refractivity contribution in [3.05, 3.63) is 58.6 Å². The Kier molecular flexibility index (Phi) is 6.21. The van der Waals surface area contributed by atoms with Gasteiger partial charge in [0.25, 0.3) is 5.91 Å². The lowest BCUT2D eigenvalue weighted by molar-refractivity contribution is -0.114. The second-order valence-corrected chi connectivity index (χ2v) is 5.61. The number of benzene rings is 2. The van der Waals surface area contributed by atoms with Crippen LogP contribution in [0.15, 0.2) is 42.5 Å². The summed E-state index contributed by atoms with van der Waals surface area (Å²) in [7, 11) is 1.46. The molecule has 0 fully saturated rings. The van der Waals surface area contributed by atoms with E-state index in [4.69, 9.17) is 16.3 Å². The molecule has 0 spiro atoms. The first kappa shape index (κ1) is 17.8. The molecular formula is C18H19ClN2O3. The Labute approximate surface area is 146 Å². The van der Waals surface area contributed by atoms with Crippen LogP contribution in [0.1, 0.15) is 22.8 Å². The highest BCUT2D eigenvalue weighted by Crippen LogP contribution is 2.31. The van der Waals surface area contributed by atoms with Crippen molar-refractivity contribution in [3.8, 4) is 5.75 Å². The number of carbonyl (C=O) groups excluding carboxylic acids is 2. The van der Waals surface area contributed by atoms with Crippen molar-refractivity contribution >= 4 is 29.1 Å². The third-order valence-electron chi connectivity index (χ3n) is 3.39. The first-order chi connectivity index (χ1) is 11.5. The molecule has 0 atom stereocenters. The van der Waals surface area contributed by atoms with E-state index in [0.717, 1.165) is 12.0 Å². The van der Waals surface area contributed by atoms with Crippen LogP contribution < -0.4 is 15.4 Å². The molecule has 126 valence electrons. The second-order valence-electron chi connectivity index (χ2n) is 5.21. The van der Waals surface area contributed by atoms with Crippen LogP contribution in [0.25, 0.3) is 0 Å². The van der Waals surface area contributed by atoms with E-state index in [9.17, 15) is 9.59 Å². The summed E-state index contributed by atoms with van der Waals surface area (Å²) in [6, 6.07) is 12.9. The van der Waals surface area contributed by atoms with Gasteiger partial charge in [-0.3, -0.25) is 9.59 Å². The van der Waals surface area contributed by atoms with Crippen LogP contribution in [0.5, 0.6) is 5.75 Å². The van der Waals surface area contributed by atoms with Crippen LogP contribution in [0.4, 0.5) is 5.69 Å². The number of hydrogen-bond acceptors (Lipinski definition) is 3. The normalized spacial score (nSPS) is 10.1. The Morgan fingerprint density at radius 2 is 1.88 bits per heavy atom. The van der Waals surface area contributed by atoms with Gasteiger partial charge in [0.2, 0.25) is 5.91 Å². The monoisotopic (exact) mass is 346 g/mol. The lowest BCUT2D eigenvalue weighted by atomic mass is 10.1. The largest absolute Gasteiger partial charge is 0.496 e. The highest BCUT2D eigenvalue weighted by Gasteiger charge is 2.16. The second kappa shape index (κ2) is 8.36. The summed E-state index contributed by atoms with van der Waals surface area (Å²) in [4.78, 5) is 23.5. The van der Waals surface area contributed by atoms with Crippen LogP contribution in [-0.2, 0) is 11.2 Å². The molecule has 0 heterocycles. The van der Waals surface area contributed by atoms with Gasteiger partial charge in [-0.05, 0) is 18.1 Å². The molecule has 2 amide bonds. The third kappa shape index (κ3) is 4.73. The molecule has 0 saturated carbocycles. The van der Waals surface area contributed by atoms with Gasteiger partial charge < -0.3 is 15.4 Å². The molecule has 0 bridgehead atoms. The van der Waals surface area contributed by atoms with E-state index in [0.29, 0.717) is 23.5 Å². The van der Waals surface area contributed by atoms with Gasteiger partial charge in [0.05, 0.1) is 23.4 Å². The Morgan fingerprint density at radius 3 is 2.50 bits per heavy atom. The fourth-order valence-electron chi connectivity index (χ4n) is 2.25. The maximum absolute atomic E-state index is 12.4. The molecule has 5 nitrogen and oxygen atoms in total. The first-order valence-electron chi connectivity index (χ1n) is 7.48. The minimum Gasteiger partial charge on any atom is -0.496 e. The maximum atomic E-state index is 12.4. The molecule has 0 radical (unpaired) electrons. The molecule has 0 unspecified atom stereocenters. The Hall–Kier alpha value is -2.53. The lowest BCUT2D eigenvalue weighted by Crippen LogP contribution is -2.26. The van der Waals surface area contributed by atoms with E-state index >= 15 is 0 Å². The first-order valence-corrected chi connectivity index (χ1v) is 7.86. The van der Waals surface area contributed by atoms with Crippen molar-refractivity contribution in [2.24, 2.45) is 0 Å². The zero-order valence-electron chi connectivity index (χ0n) is 13.6. The van der Waals surface area contributed by atoms with Crippen LogP contribution in [0.2, 0.25) is 5.02 Å². The Morgan fingerprint density at radius 1 is 1.17 bits per heavy atom. The summed E-state index contributed by atoms with van der Waals surface area (Å²) in [5.41, 5.74) is 1.87. The predicted octanol–water partition coefficient (Wildman–Crippen LogP) is 3.28. The number of nitrogens with one attached hydrogen (secondary N) is 2. The molecule has 2 aromatic rings. The van der Waals surface area contributed by atoms with Gasteiger partial charge in [-0.2, -0.15) is 0 Å². The van der Waals surface area contributed by atoms with Crippen LogP contribution in [0.3, 0.4) is 0 Å². The average molecular weight is 347 g/mol. The van der Waals surface area contributed by atoms with Crippen molar-refractivity contribution in [1.29, 1.82) is 0 Å². The minimum atomic E-state index is -0.279. The van der Waals surface area contributed by atoms with Crippen molar-refractivity contribution in [2.45, 2.75) is 13.3 Å². The summed E-state index contributed by atoms with van der Waals surface area (Å²) in [6.45, 7) is 1.88. The zero-order chi connectivity index (χ0) is 17.5. The average Bonchev–Trinajstić information content (AvgIpc) is 2.56. The van der Waals surface area contributed by atoms with E-state index in [1.54, 1.807) is 0 Å². The van der Waals surface area contributed by atoms with Gasteiger partial charge in [-0.15, -0.1) is 0 Å². The summed E-state index contributed by atoms with van der Waals surface area (Å²) >= 11 is 6.13. The van der Waals surface area contributed by atoms with Crippen molar-refractivity contribution in [1.82, 2.24) is 5.32 Å². The fraction of sp³-hybridized carbons (Fsp3) is 0.222. The summed E-state index contributed by atoms with van der Waals surface area (Å²) < 4.78 is 5.24. The van der Waals surface area contributed by atoms with E-state index in [2.05, 4.69) is 10.6 Å². The molecule has 0 aliphatic rings. The molecule has 0 aromatic heterocycles. The van der Waals surface area contributed by atoms with Crippen LogP contribution in [0, 0.1) is 0 Å². The molecule has 2 aromatic carbocycles. The molecule has 0 saturated heterocycles. The lowest BCUT2D eigenvalue weighted by Gasteiger charge is -2.13. The van der Waals surface area contributed by atoms with E-state index < -0.39 is 0 Å². The minimum absolute atomic E-state index is 0.251. The number of anilines is 1. The van der Waals surface area contributed by atoms with E-state index in [1.165, 1.54) is 26.2 Å². The van der Waals surface area contributed by atoms with Crippen LogP contribution >= 0.6 is 11.6 Å². The van der Waals surface area contributed by atoms with Gasteiger partial charge in [0, 0.05) is 19.5 Å². The van der Waals surface area contributed by atoms with Gasteiger partial charge >= 0.3 is 0 Å². The molecular weight excluding hydrogens is 328 g/mol. The highest BCUT2D eigenvalue weighted by molar-refractivity contribution is 6.34. The Balaban J connectivity index is 2.08. The molecule has 0 aliphatic heterocycles. The number of ether oxygens (including phenoxy) is 1. The van der Waals surface area contributed by atoms with E-state index in [1.807, 2.05) is 30.3 Å². The number of amides is 2. The molecule has 6 heteroatoms. The Bertz CT molecular complexity index is 733. The standard InChI is InChI=1S/C18H19ClN2O3/c1-12(22)21-16-11-17(24-2)14(10-15(16)19)18(23)20-9-8-13-6-4-3-5-7-13/h3-7,10-11H,8-9H2,1-2H3,(H,20,23)(H,21,22).